The van der Waals surface area contributed by atoms with Gasteiger partial charge in [0.2, 0.25) is 0 Å². The van der Waals surface area contributed by atoms with E-state index in [0.717, 1.165) is 35.1 Å². The molecule has 106 valence electrons. The molecule has 1 heterocycles. The summed E-state index contributed by atoms with van der Waals surface area (Å²) in [5.41, 5.74) is 8.77. The van der Waals surface area contributed by atoms with Gasteiger partial charge in [0.15, 0.2) is 5.82 Å². The fraction of sp³-hybridized carbons (Fsp3) is 0.533. The minimum atomic E-state index is 0.804. The number of hydrogen-bond acceptors (Lipinski definition) is 4. The quantitative estimate of drug-likeness (QED) is 0.868. The van der Waals surface area contributed by atoms with Gasteiger partial charge in [-0.2, -0.15) is 0 Å². The largest absolute Gasteiger partial charge is 0.399 e. The molecule has 1 aromatic carbocycles. The van der Waals surface area contributed by atoms with Crippen LogP contribution in [-0.4, -0.2) is 20.2 Å². The van der Waals surface area contributed by atoms with E-state index in [0.29, 0.717) is 0 Å². The van der Waals surface area contributed by atoms with Crippen molar-refractivity contribution in [2.24, 2.45) is 5.92 Å². The maximum absolute atomic E-state index is 5.86. The SMILES string of the molecule is Cc1cc(-c2nnnn2CCC2CCCC2)ccc1N. The third kappa shape index (κ3) is 2.66. The third-order valence-electron chi connectivity index (χ3n) is 4.28. The number of rotatable bonds is 4. The maximum atomic E-state index is 5.86. The van der Waals surface area contributed by atoms with Gasteiger partial charge < -0.3 is 5.73 Å². The molecule has 1 aliphatic rings. The number of aryl methyl sites for hydroxylation is 2. The molecule has 0 atom stereocenters. The minimum absolute atomic E-state index is 0.804. The Morgan fingerprint density at radius 3 is 2.85 bits per heavy atom. The van der Waals surface area contributed by atoms with Crippen LogP contribution in [0.1, 0.15) is 37.7 Å². The van der Waals surface area contributed by atoms with Crippen molar-refractivity contribution >= 4 is 5.69 Å². The first-order chi connectivity index (χ1) is 9.74. The van der Waals surface area contributed by atoms with E-state index in [-0.39, 0.29) is 0 Å². The van der Waals surface area contributed by atoms with Crippen molar-refractivity contribution < 1.29 is 0 Å². The van der Waals surface area contributed by atoms with E-state index in [9.17, 15) is 0 Å². The number of nitrogen functional groups attached to an aromatic ring is 1. The molecular weight excluding hydrogens is 250 g/mol. The summed E-state index contributed by atoms with van der Waals surface area (Å²) in [7, 11) is 0. The molecule has 0 bridgehead atoms. The molecule has 20 heavy (non-hydrogen) atoms. The van der Waals surface area contributed by atoms with Gasteiger partial charge in [-0.25, -0.2) is 4.68 Å². The summed E-state index contributed by atoms with van der Waals surface area (Å²) in [6.07, 6.45) is 6.65. The van der Waals surface area contributed by atoms with Gasteiger partial charge in [-0.3, -0.25) is 0 Å². The number of anilines is 1. The van der Waals surface area contributed by atoms with Crippen LogP contribution < -0.4 is 5.73 Å². The normalized spacial score (nSPS) is 15.8. The first-order valence-electron chi connectivity index (χ1n) is 7.36. The number of nitrogens with zero attached hydrogens (tertiary/aromatic N) is 4. The topological polar surface area (TPSA) is 69.6 Å². The van der Waals surface area contributed by atoms with Crippen molar-refractivity contribution in [1.82, 2.24) is 20.2 Å². The molecule has 0 amide bonds. The van der Waals surface area contributed by atoms with Crippen molar-refractivity contribution in [2.75, 3.05) is 5.73 Å². The maximum Gasteiger partial charge on any atom is 0.182 e. The van der Waals surface area contributed by atoms with Gasteiger partial charge in [0, 0.05) is 17.8 Å². The Balaban J connectivity index is 1.76. The van der Waals surface area contributed by atoms with E-state index >= 15 is 0 Å². The predicted octanol–water partition coefficient (Wildman–Crippen LogP) is 2.81. The minimum Gasteiger partial charge on any atom is -0.399 e. The van der Waals surface area contributed by atoms with Gasteiger partial charge in [-0.05, 0) is 53.5 Å². The van der Waals surface area contributed by atoms with Crippen LogP contribution in [0.3, 0.4) is 0 Å². The summed E-state index contributed by atoms with van der Waals surface area (Å²) in [4.78, 5) is 0. The molecule has 5 heteroatoms. The Morgan fingerprint density at radius 1 is 1.30 bits per heavy atom. The van der Waals surface area contributed by atoms with Crippen LogP contribution in [0.25, 0.3) is 11.4 Å². The summed E-state index contributed by atoms with van der Waals surface area (Å²) >= 11 is 0. The molecule has 0 spiro atoms. The molecule has 2 N–H and O–H groups in total. The summed E-state index contributed by atoms with van der Waals surface area (Å²) in [6.45, 7) is 2.90. The third-order valence-corrected chi connectivity index (χ3v) is 4.28. The fourth-order valence-corrected chi connectivity index (χ4v) is 2.98. The van der Waals surface area contributed by atoms with E-state index in [1.54, 1.807) is 0 Å². The van der Waals surface area contributed by atoms with E-state index in [1.807, 2.05) is 29.8 Å². The number of hydrogen-bond donors (Lipinski definition) is 1. The second-order valence-corrected chi connectivity index (χ2v) is 5.74. The number of benzene rings is 1. The number of tetrazole rings is 1. The van der Waals surface area contributed by atoms with Crippen molar-refractivity contribution in [1.29, 1.82) is 0 Å². The molecule has 2 aromatic rings. The van der Waals surface area contributed by atoms with Gasteiger partial charge in [0.25, 0.3) is 0 Å². The molecule has 3 rings (SSSR count). The van der Waals surface area contributed by atoms with Crippen LogP contribution in [0.4, 0.5) is 5.69 Å². The zero-order valence-corrected chi connectivity index (χ0v) is 11.9. The monoisotopic (exact) mass is 271 g/mol. The Morgan fingerprint density at radius 2 is 2.10 bits per heavy atom. The predicted molar refractivity (Wildman–Crippen MR) is 79.0 cm³/mol. The lowest BCUT2D eigenvalue weighted by Gasteiger charge is -2.10. The molecule has 1 aromatic heterocycles. The smallest absolute Gasteiger partial charge is 0.182 e. The molecule has 0 unspecified atom stereocenters. The Kier molecular flexibility index (Phi) is 3.67. The second kappa shape index (κ2) is 5.61. The number of nitrogens with two attached hydrogens (primary N) is 1. The van der Waals surface area contributed by atoms with E-state index in [4.69, 9.17) is 5.73 Å². The summed E-state index contributed by atoms with van der Waals surface area (Å²) in [5, 5.41) is 12.1. The second-order valence-electron chi connectivity index (χ2n) is 5.74. The van der Waals surface area contributed by atoms with Gasteiger partial charge in [-0.1, -0.05) is 25.7 Å². The van der Waals surface area contributed by atoms with E-state index in [1.165, 1.54) is 32.1 Å². The van der Waals surface area contributed by atoms with Crippen LogP contribution in [0.5, 0.6) is 0 Å². The van der Waals surface area contributed by atoms with Crippen LogP contribution in [0.15, 0.2) is 18.2 Å². The highest BCUT2D eigenvalue weighted by molar-refractivity contribution is 5.61. The summed E-state index contributed by atoms with van der Waals surface area (Å²) in [6, 6.07) is 5.95. The van der Waals surface area contributed by atoms with Gasteiger partial charge in [0.05, 0.1) is 0 Å². The molecule has 0 aliphatic heterocycles. The van der Waals surface area contributed by atoms with Crippen molar-refractivity contribution in [3.63, 3.8) is 0 Å². The molecule has 1 fully saturated rings. The molecule has 1 saturated carbocycles. The summed E-state index contributed by atoms with van der Waals surface area (Å²) in [5.74, 6) is 1.69. The van der Waals surface area contributed by atoms with E-state index < -0.39 is 0 Å². The van der Waals surface area contributed by atoms with Crippen molar-refractivity contribution in [3.05, 3.63) is 23.8 Å². The van der Waals surface area contributed by atoms with Crippen LogP contribution >= 0.6 is 0 Å². The Labute approximate surface area is 119 Å². The zero-order chi connectivity index (χ0) is 13.9. The van der Waals surface area contributed by atoms with Crippen LogP contribution in [0.2, 0.25) is 0 Å². The Bertz CT molecular complexity index is 584. The van der Waals surface area contributed by atoms with E-state index in [2.05, 4.69) is 15.5 Å². The molecule has 5 nitrogen and oxygen atoms in total. The molecule has 0 radical (unpaired) electrons. The highest BCUT2D eigenvalue weighted by atomic mass is 15.5. The first kappa shape index (κ1) is 13.1. The highest BCUT2D eigenvalue weighted by Gasteiger charge is 2.16. The summed E-state index contributed by atoms with van der Waals surface area (Å²) < 4.78 is 1.92. The molecule has 0 saturated heterocycles. The number of aromatic nitrogens is 4. The average molecular weight is 271 g/mol. The fourth-order valence-electron chi connectivity index (χ4n) is 2.98. The van der Waals surface area contributed by atoms with Crippen molar-refractivity contribution in [2.45, 2.75) is 45.6 Å². The van der Waals surface area contributed by atoms with Gasteiger partial charge >= 0.3 is 0 Å². The lowest BCUT2D eigenvalue weighted by molar-refractivity contribution is 0.436. The first-order valence-corrected chi connectivity index (χ1v) is 7.36. The zero-order valence-electron chi connectivity index (χ0n) is 11.9. The standard InChI is InChI=1S/C15H21N5/c1-11-10-13(6-7-14(11)16)15-17-18-19-20(15)9-8-12-4-2-3-5-12/h6-7,10,12H,2-5,8-9,16H2,1H3. The Hall–Kier alpha value is -1.91. The molecular formula is C15H21N5. The lowest BCUT2D eigenvalue weighted by Crippen LogP contribution is -2.07. The molecule has 1 aliphatic carbocycles. The van der Waals surface area contributed by atoms with Gasteiger partial charge in [0.1, 0.15) is 0 Å². The highest BCUT2D eigenvalue weighted by Crippen LogP contribution is 2.28. The van der Waals surface area contributed by atoms with Crippen LogP contribution in [-0.2, 0) is 6.54 Å². The lowest BCUT2D eigenvalue weighted by atomic mass is 10.0. The van der Waals surface area contributed by atoms with Gasteiger partial charge in [-0.15, -0.1) is 5.10 Å². The average Bonchev–Trinajstić information content (AvgIpc) is 3.10. The van der Waals surface area contributed by atoms with Crippen LogP contribution in [0, 0.1) is 12.8 Å². The van der Waals surface area contributed by atoms with Crippen molar-refractivity contribution in [3.8, 4) is 11.4 Å².